The van der Waals surface area contributed by atoms with Gasteiger partial charge in [-0.25, -0.2) is 9.89 Å². The number of hydrogen-bond donors (Lipinski definition) is 1. The molecule has 2 aliphatic heterocycles. The summed E-state index contributed by atoms with van der Waals surface area (Å²) >= 11 is 0. The van der Waals surface area contributed by atoms with Crippen molar-refractivity contribution in [2.75, 3.05) is 0 Å². The number of carbonyl (C=O) groups excluding carboxylic acids is 3. The third-order valence-corrected chi connectivity index (χ3v) is 2.80. The van der Waals surface area contributed by atoms with Crippen LogP contribution in [0.5, 0.6) is 0 Å². The second-order valence-corrected chi connectivity index (χ2v) is 4.84. The minimum Gasteiger partial charge on any atom is -0.349 e. The van der Waals surface area contributed by atoms with Crippen molar-refractivity contribution in [3.05, 3.63) is 0 Å². The fourth-order valence-electron chi connectivity index (χ4n) is 1.82. The second-order valence-electron chi connectivity index (χ2n) is 4.84. The lowest BCUT2D eigenvalue weighted by Gasteiger charge is -2.19. The number of fused-ring (bicyclic) bond motifs is 1. The molecule has 3 amide bonds. The predicted molar refractivity (Wildman–Crippen MR) is 61.4 cm³/mol. The van der Waals surface area contributed by atoms with Crippen LogP contribution in [-0.4, -0.2) is 47.2 Å². The van der Waals surface area contributed by atoms with Gasteiger partial charge in [-0.1, -0.05) is 13.8 Å². The first kappa shape index (κ1) is 12.8. The largest absolute Gasteiger partial charge is 0.349 e. The van der Waals surface area contributed by atoms with Gasteiger partial charge in [-0.05, 0) is 12.3 Å². The Morgan fingerprint density at radius 3 is 2.78 bits per heavy atom. The normalized spacial score (nSPS) is 28.1. The van der Waals surface area contributed by atoms with Crippen LogP contribution in [0.3, 0.4) is 0 Å². The van der Waals surface area contributed by atoms with Crippen molar-refractivity contribution in [1.29, 1.82) is 0 Å². The molecular weight excluding hydrogens is 238 g/mol. The summed E-state index contributed by atoms with van der Waals surface area (Å²) in [4.78, 5) is 39.4. The number of carbonyl (C=O) groups is 3. The molecule has 0 aromatic heterocycles. The lowest BCUT2D eigenvalue weighted by Crippen LogP contribution is -2.47. The molecule has 0 saturated carbocycles. The fraction of sp³-hybridized carbons (Fsp3) is 0.636. The number of rotatable bonds is 3. The summed E-state index contributed by atoms with van der Waals surface area (Å²) in [5.74, 6) is -1.43. The van der Waals surface area contributed by atoms with Crippen LogP contribution in [0, 0.1) is 5.92 Å². The first-order chi connectivity index (χ1) is 8.41. The number of nitrogens with two attached hydrogens (primary N) is 1. The van der Waals surface area contributed by atoms with Gasteiger partial charge in [0, 0.05) is 0 Å². The molecule has 2 rings (SSSR count). The Morgan fingerprint density at radius 2 is 2.17 bits per heavy atom. The standard InChI is InChI=1S/C11H15N3O4/c1-5(2)3-6(12)10(16)14-4-13-9(15)7-8(18-7)11(14)17/h4-8H,3,12H2,1-2H3/t6-,7-,8-/m0/s1. The maximum Gasteiger partial charge on any atom is 0.279 e. The molecular formula is C11H15N3O4. The van der Waals surface area contributed by atoms with E-state index in [1.54, 1.807) is 0 Å². The maximum atomic E-state index is 12.0. The molecule has 0 spiro atoms. The van der Waals surface area contributed by atoms with Crippen molar-refractivity contribution in [2.24, 2.45) is 16.6 Å². The number of imide groups is 1. The van der Waals surface area contributed by atoms with Crippen LogP contribution in [0.15, 0.2) is 4.99 Å². The van der Waals surface area contributed by atoms with Gasteiger partial charge >= 0.3 is 0 Å². The summed E-state index contributed by atoms with van der Waals surface area (Å²) < 4.78 is 4.88. The topological polar surface area (TPSA) is 105 Å². The van der Waals surface area contributed by atoms with Crippen LogP contribution >= 0.6 is 0 Å². The highest BCUT2D eigenvalue weighted by Crippen LogP contribution is 2.27. The number of aliphatic imine (C=N–C) groups is 1. The molecule has 98 valence electrons. The van der Waals surface area contributed by atoms with Gasteiger partial charge in [0.1, 0.15) is 6.34 Å². The molecule has 7 nitrogen and oxygen atoms in total. The molecule has 2 N–H and O–H groups in total. The maximum absolute atomic E-state index is 12.0. The summed E-state index contributed by atoms with van der Waals surface area (Å²) in [6, 6.07) is -0.786. The zero-order chi connectivity index (χ0) is 13.4. The summed E-state index contributed by atoms with van der Waals surface area (Å²) in [6.45, 7) is 3.85. The van der Waals surface area contributed by atoms with Gasteiger partial charge in [0.05, 0.1) is 6.04 Å². The van der Waals surface area contributed by atoms with Crippen LogP contribution in [0.2, 0.25) is 0 Å². The third-order valence-electron chi connectivity index (χ3n) is 2.80. The molecule has 0 radical (unpaired) electrons. The Morgan fingerprint density at radius 1 is 1.50 bits per heavy atom. The van der Waals surface area contributed by atoms with Crippen molar-refractivity contribution in [1.82, 2.24) is 4.90 Å². The molecule has 3 atom stereocenters. The van der Waals surface area contributed by atoms with Gasteiger partial charge in [-0.2, -0.15) is 0 Å². The molecule has 0 unspecified atom stereocenters. The highest BCUT2D eigenvalue weighted by Gasteiger charge is 2.54. The number of ether oxygens (including phenoxy) is 1. The van der Waals surface area contributed by atoms with E-state index in [0.29, 0.717) is 6.42 Å². The van der Waals surface area contributed by atoms with Crippen LogP contribution in [0.4, 0.5) is 0 Å². The Labute approximate surface area is 104 Å². The minimum absolute atomic E-state index is 0.231. The van der Waals surface area contributed by atoms with Crippen molar-refractivity contribution >= 4 is 24.1 Å². The lowest BCUT2D eigenvalue weighted by molar-refractivity contribution is -0.141. The second kappa shape index (κ2) is 4.58. The highest BCUT2D eigenvalue weighted by molar-refractivity contribution is 6.15. The smallest absolute Gasteiger partial charge is 0.279 e. The summed E-state index contributed by atoms with van der Waals surface area (Å²) in [7, 11) is 0. The SMILES string of the molecule is CC(C)C[C@H](N)C(=O)N1C=NC(=O)[C@H]2O[C@@H]2C1=O. The van der Waals surface area contributed by atoms with Gasteiger partial charge in [-0.15, -0.1) is 0 Å². The first-order valence-corrected chi connectivity index (χ1v) is 5.77. The van der Waals surface area contributed by atoms with Crippen molar-refractivity contribution in [2.45, 2.75) is 38.5 Å². The summed E-state index contributed by atoms with van der Waals surface area (Å²) in [5, 5.41) is 0. The number of hydrogen-bond acceptors (Lipinski definition) is 5. The van der Waals surface area contributed by atoms with Gasteiger partial charge < -0.3 is 10.5 Å². The molecule has 7 heteroatoms. The highest BCUT2D eigenvalue weighted by atomic mass is 16.6. The van der Waals surface area contributed by atoms with Crippen molar-refractivity contribution in [3.8, 4) is 0 Å². The quantitative estimate of drug-likeness (QED) is 0.653. The molecule has 18 heavy (non-hydrogen) atoms. The van der Waals surface area contributed by atoms with Crippen molar-refractivity contribution in [3.63, 3.8) is 0 Å². The van der Waals surface area contributed by atoms with E-state index in [2.05, 4.69) is 4.99 Å². The zero-order valence-corrected chi connectivity index (χ0v) is 10.2. The molecule has 1 fully saturated rings. The molecule has 0 aromatic carbocycles. The Balaban J connectivity index is 2.11. The zero-order valence-electron chi connectivity index (χ0n) is 10.2. The predicted octanol–water partition coefficient (Wildman–Crippen LogP) is -0.949. The van der Waals surface area contributed by atoms with E-state index < -0.39 is 36.0 Å². The van der Waals surface area contributed by atoms with E-state index in [1.165, 1.54) is 0 Å². The molecule has 0 aliphatic carbocycles. The van der Waals surface area contributed by atoms with Gasteiger partial charge in [0.15, 0.2) is 12.2 Å². The summed E-state index contributed by atoms with van der Waals surface area (Å²) in [6.07, 6.45) is -0.301. The number of epoxide rings is 1. The monoisotopic (exact) mass is 253 g/mol. The van der Waals surface area contributed by atoms with Crippen LogP contribution < -0.4 is 5.73 Å². The Bertz CT molecular complexity index is 432. The van der Waals surface area contributed by atoms with E-state index in [9.17, 15) is 14.4 Å². The van der Waals surface area contributed by atoms with Crippen molar-refractivity contribution < 1.29 is 19.1 Å². The average Bonchev–Trinajstić information content (AvgIpc) is 3.06. The van der Waals surface area contributed by atoms with Gasteiger partial charge in [0.25, 0.3) is 17.7 Å². The molecule has 0 bridgehead atoms. The van der Waals surface area contributed by atoms with E-state index in [0.717, 1.165) is 11.2 Å². The van der Waals surface area contributed by atoms with Gasteiger partial charge in [0.2, 0.25) is 0 Å². The third kappa shape index (κ3) is 2.32. The fourth-order valence-corrected chi connectivity index (χ4v) is 1.82. The van der Waals surface area contributed by atoms with E-state index in [1.807, 2.05) is 13.8 Å². The van der Waals surface area contributed by atoms with Crippen LogP contribution in [-0.2, 0) is 19.1 Å². The van der Waals surface area contributed by atoms with E-state index in [4.69, 9.17) is 10.5 Å². The van der Waals surface area contributed by atoms with E-state index >= 15 is 0 Å². The Hall–Kier alpha value is -1.60. The van der Waals surface area contributed by atoms with Gasteiger partial charge in [-0.3, -0.25) is 14.4 Å². The van der Waals surface area contributed by atoms with E-state index in [-0.39, 0.29) is 5.92 Å². The number of nitrogens with zero attached hydrogens (tertiary/aromatic N) is 2. The first-order valence-electron chi connectivity index (χ1n) is 5.77. The van der Waals surface area contributed by atoms with Crippen LogP contribution in [0.1, 0.15) is 20.3 Å². The minimum atomic E-state index is -0.879. The molecule has 0 aromatic rings. The van der Waals surface area contributed by atoms with Crippen LogP contribution in [0.25, 0.3) is 0 Å². The summed E-state index contributed by atoms with van der Waals surface area (Å²) in [5.41, 5.74) is 5.73. The molecule has 2 heterocycles. The average molecular weight is 253 g/mol. The number of amides is 3. The molecule has 2 aliphatic rings. The Kier molecular flexibility index (Phi) is 3.27. The molecule has 1 saturated heterocycles. The lowest BCUT2D eigenvalue weighted by atomic mass is 10.0.